The van der Waals surface area contributed by atoms with Crippen molar-refractivity contribution in [1.29, 1.82) is 0 Å². The van der Waals surface area contributed by atoms with Crippen LogP contribution >= 0.6 is 0 Å². The molecule has 1 unspecified atom stereocenters. The van der Waals surface area contributed by atoms with E-state index in [-0.39, 0.29) is 18.2 Å². The maximum Gasteiger partial charge on any atom is 0.243 e. The molecular weight excluding hydrogens is 222 g/mol. The third-order valence-corrected chi connectivity index (χ3v) is 3.32. The first-order valence-electron chi connectivity index (χ1n) is 6.17. The van der Waals surface area contributed by atoms with Crippen molar-refractivity contribution in [2.24, 2.45) is 0 Å². The molecular formula is C11H17N3O3. The molecule has 0 aromatic carbocycles. The number of aromatic nitrogens is 2. The minimum atomic E-state index is -0.312. The largest absolute Gasteiger partial charge is 0.392 e. The zero-order valence-corrected chi connectivity index (χ0v) is 9.63. The van der Waals surface area contributed by atoms with Crippen LogP contribution in [0.15, 0.2) is 4.52 Å². The molecule has 0 spiro atoms. The molecule has 3 rings (SSSR count). The van der Waals surface area contributed by atoms with Gasteiger partial charge >= 0.3 is 0 Å². The number of rotatable bonds is 3. The van der Waals surface area contributed by atoms with E-state index in [0.717, 1.165) is 25.9 Å². The minimum Gasteiger partial charge on any atom is -0.392 e. The zero-order valence-electron chi connectivity index (χ0n) is 9.63. The molecule has 0 aliphatic carbocycles. The van der Waals surface area contributed by atoms with Crippen LogP contribution in [0.4, 0.5) is 0 Å². The summed E-state index contributed by atoms with van der Waals surface area (Å²) in [5.41, 5.74) is 0. The molecule has 1 aromatic rings. The van der Waals surface area contributed by atoms with Crippen molar-refractivity contribution < 1.29 is 14.4 Å². The average molecular weight is 239 g/mol. The van der Waals surface area contributed by atoms with E-state index in [1.807, 2.05) is 0 Å². The van der Waals surface area contributed by atoms with Crippen molar-refractivity contribution >= 4 is 0 Å². The zero-order chi connectivity index (χ0) is 11.7. The fourth-order valence-corrected chi connectivity index (χ4v) is 2.41. The molecule has 2 N–H and O–H groups in total. The van der Waals surface area contributed by atoms with Crippen molar-refractivity contribution in [3.05, 3.63) is 11.7 Å². The average Bonchev–Trinajstić information content (AvgIpc) is 2.99. The van der Waals surface area contributed by atoms with E-state index in [2.05, 4.69) is 15.5 Å². The second-order valence-electron chi connectivity index (χ2n) is 4.74. The molecule has 2 saturated heterocycles. The highest BCUT2D eigenvalue weighted by atomic mass is 16.5. The molecule has 17 heavy (non-hydrogen) atoms. The van der Waals surface area contributed by atoms with Gasteiger partial charge in [0.15, 0.2) is 5.82 Å². The van der Waals surface area contributed by atoms with Crippen LogP contribution in [-0.4, -0.2) is 40.6 Å². The molecule has 94 valence electrons. The van der Waals surface area contributed by atoms with Gasteiger partial charge in [-0.15, -0.1) is 0 Å². The minimum absolute atomic E-state index is 0.00394. The highest BCUT2D eigenvalue weighted by Gasteiger charge is 2.28. The molecule has 0 saturated carbocycles. The third kappa shape index (κ3) is 2.48. The van der Waals surface area contributed by atoms with E-state index in [9.17, 15) is 5.11 Å². The maximum absolute atomic E-state index is 9.43. The van der Waals surface area contributed by atoms with Gasteiger partial charge < -0.3 is 19.7 Å². The lowest BCUT2D eigenvalue weighted by Gasteiger charge is -2.04. The van der Waals surface area contributed by atoms with Crippen molar-refractivity contribution in [2.75, 3.05) is 13.2 Å². The Kier molecular flexibility index (Phi) is 3.09. The number of aliphatic hydroxyl groups is 1. The standard InChI is InChI=1S/C11H17N3O3/c15-7-4-9(12-6-7)11-13-10(14-17-11)5-8-2-1-3-16-8/h7-9,12,15H,1-6H2/t7-,8?,9+/m0/s1. The van der Waals surface area contributed by atoms with Crippen molar-refractivity contribution in [3.63, 3.8) is 0 Å². The third-order valence-electron chi connectivity index (χ3n) is 3.32. The van der Waals surface area contributed by atoms with E-state index in [1.165, 1.54) is 0 Å². The summed E-state index contributed by atoms with van der Waals surface area (Å²) in [4.78, 5) is 4.36. The van der Waals surface area contributed by atoms with Crippen LogP contribution in [0.1, 0.15) is 37.0 Å². The number of hydrogen-bond acceptors (Lipinski definition) is 6. The lowest BCUT2D eigenvalue weighted by molar-refractivity contribution is 0.109. The summed E-state index contributed by atoms with van der Waals surface area (Å²) in [6.45, 7) is 1.43. The van der Waals surface area contributed by atoms with E-state index in [0.29, 0.717) is 24.7 Å². The van der Waals surface area contributed by atoms with Gasteiger partial charge in [-0.05, 0) is 19.3 Å². The molecule has 0 radical (unpaired) electrons. The number of nitrogens with one attached hydrogen (secondary N) is 1. The van der Waals surface area contributed by atoms with Crippen molar-refractivity contribution in [2.45, 2.75) is 43.9 Å². The van der Waals surface area contributed by atoms with Gasteiger partial charge in [-0.25, -0.2) is 0 Å². The summed E-state index contributed by atoms with van der Waals surface area (Å²) < 4.78 is 10.7. The molecule has 1 aromatic heterocycles. The first kappa shape index (κ1) is 11.1. The Morgan fingerprint density at radius 3 is 3.12 bits per heavy atom. The molecule has 2 aliphatic rings. The summed E-state index contributed by atoms with van der Waals surface area (Å²) in [6.07, 6.45) is 3.48. The summed E-state index contributed by atoms with van der Waals surface area (Å²) in [5, 5.41) is 16.5. The molecule has 0 bridgehead atoms. The van der Waals surface area contributed by atoms with Crippen LogP contribution in [-0.2, 0) is 11.2 Å². The van der Waals surface area contributed by atoms with E-state index >= 15 is 0 Å². The number of aliphatic hydroxyl groups excluding tert-OH is 1. The van der Waals surface area contributed by atoms with Crippen LogP contribution in [0.25, 0.3) is 0 Å². The fourth-order valence-electron chi connectivity index (χ4n) is 2.41. The Hall–Kier alpha value is -0.980. The lowest BCUT2D eigenvalue weighted by atomic mass is 10.2. The van der Waals surface area contributed by atoms with Gasteiger partial charge in [-0.3, -0.25) is 0 Å². The number of ether oxygens (including phenoxy) is 1. The van der Waals surface area contributed by atoms with Gasteiger partial charge in [0.25, 0.3) is 0 Å². The van der Waals surface area contributed by atoms with Crippen molar-refractivity contribution in [3.8, 4) is 0 Å². The maximum atomic E-state index is 9.43. The first-order valence-corrected chi connectivity index (χ1v) is 6.17. The van der Waals surface area contributed by atoms with E-state index < -0.39 is 0 Å². The van der Waals surface area contributed by atoms with Gasteiger partial charge in [0.1, 0.15) is 0 Å². The predicted octanol–water partition coefficient (Wildman–Crippen LogP) is 0.186. The van der Waals surface area contributed by atoms with Crippen LogP contribution in [0.2, 0.25) is 0 Å². The van der Waals surface area contributed by atoms with Crippen LogP contribution in [0.5, 0.6) is 0 Å². The highest BCUT2D eigenvalue weighted by Crippen LogP contribution is 2.22. The second kappa shape index (κ2) is 4.72. The van der Waals surface area contributed by atoms with Gasteiger partial charge in [-0.1, -0.05) is 5.16 Å². The second-order valence-corrected chi connectivity index (χ2v) is 4.74. The van der Waals surface area contributed by atoms with Gasteiger partial charge in [0.2, 0.25) is 5.89 Å². The molecule has 0 amide bonds. The summed E-state index contributed by atoms with van der Waals surface area (Å²) in [6, 6.07) is -0.00394. The topological polar surface area (TPSA) is 80.4 Å². The Morgan fingerprint density at radius 2 is 2.41 bits per heavy atom. The number of hydrogen-bond donors (Lipinski definition) is 2. The Morgan fingerprint density at radius 1 is 1.47 bits per heavy atom. The molecule has 2 fully saturated rings. The molecule has 2 aliphatic heterocycles. The summed E-state index contributed by atoms with van der Waals surface area (Å²) >= 11 is 0. The van der Waals surface area contributed by atoms with Gasteiger partial charge in [-0.2, -0.15) is 4.98 Å². The highest BCUT2D eigenvalue weighted by molar-refractivity contribution is 4.98. The van der Waals surface area contributed by atoms with E-state index in [1.54, 1.807) is 0 Å². The smallest absolute Gasteiger partial charge is 0.243 e. The normalized spacial score (nSPS) is 33.4. The van der Waals surface area contributed by atoms with Crippen LogP contribution < -0.4 is 5.32 Å². The SMILES string of the molecule is O[C@@H]1CN[C@@H](c2nc(CC3CCCO3)no2)C1. The van der Waals surface area contributed by atoms with E-state index in [4.69, 9.17) is 9.26 Å². The van der Waals surface area contributed by atoms with Crippen LogP contribution in [0.3, 0.4) is 0 Å². The first-order chi connectivity index (χ1) is 8.31. The number of β-amino-alcohol motifs (C(OH)–C–C–N with tert-alkyl or cyclic N) is 1. The number of nitrogens with zero attached hydrogens (tertiary/aromatic N) is 2. The fraction of sp³-hybridized carbons (Fsp3) is 0.818. The Labute approximate surface area is 99.3 Å². The van der Waals surface area contributed by atoms with Gasteiger partial charge in [0.05, 0.1) is 18.2 Å². The molecule has 6 heteroatoms. The van der Waals surface area contributed by atoms with Crippen LogP contribution in [0, 0.1) is 0 Å². The summed E-state index contributed by atoms with van der Waals surface area (Å²) in [7, 11) is 0. The molecule has 6 nitrogen and oxygen atoms in total. The Bertz CT molecular complexity index is 376. The molecule has 3 atom stereocenters. The molecule has 3 heterocycles. The summed E-state index contributed by atoms with van der Waals surface area (Å²) in [5.74, 6) is 1.28. The monoisotopic (exact) mass is 239 g/mol. The lowest BCUT2D eigenvalue weighted by Crippen LogP contribution is -2.15. The predicted molar refractivity (Wildman–Crippen MR) is 58.3 cm³/mol. The van der Waals surface area contributed by atoms with Gasteiger partial charge in [0, 0.05) is 19.6 Å². The quantitative estimate of drug-likeness (QED) is 0.783. The Balaban J connectivity index is 1.61. The van der Waals surface area contributed by atoms with Crippen molar-refractivity contribution in [1.82, 2.24) is 15.5 Å².